The van der Waals surface area contributed by atoms with Gasteiger partial charge in [0.1, 0.15) is 10.7 Å². The molecule has 0 aliphatic carbocycles. The summed E-state index contributed by atoms with van der Waals surface area (Å²) in [5, 5.41) is 0.717. The van der Waals surface area contributed by atoms with Crippen LogP contribution in [0.15, 0.2) is 4.79 Å². The summed E-state index contributed by atoms with van der Waals surface area (Å²) in [4.78, 5) is 19.7. The Bertz CT molecular complexity index is 825. The third-order valence-corrected chi connectivity index (χ3v) is 6.69. The van der Waals surface area contributed by atoms with Crippen molar-refractivity contribution in [3.63, 3.8) is 0 Å². The van der Waals surface area contributed by atoms with Crippen molar-refractivity contribution in [2.45, 2.75) is 91.3 Å². The summed E-state index contributed by atoms with van der Waals surface area (Å²) in [6, 6.07) is 0. The average molecular weight is 392 g/mol. The molecule has 2 N–H and O–H groups in total. The minimum absolute atomic E-state index is 0.0974. The monoisotopic (exact) mass is 391 g/mol. The van der Waals surface area contributed by atoms with E-state index < -0.39 is 0 Å². The van der Waals surface area contributed by atoms with Gasteiger partial charge in [0, 0.05) is 17.7 Å². The average Bonchev–Trinajstić information content (AvgIpc) is 3.02. The lowest BCUT2D eigenvalue weighted by atomic mass is 9.96. The first-order valence-corrected chi connectivity index (χ1v) is 11.3. The van der Waals surface area contributed by atoms with E-state index in [1.54, 1.807) is 11.3 Å². The third kappa shape index (κ3) is 4.54. The van der Waals surface area contributed by atoms with Crippen molar-refractivity contribution in [3.8, 4) is 0 Å². The Balaban J connectivity index is 1.72. The van der Waals surface area contributed by atoms with Crippen LogP contribution in [-0.4, -0.2) is 15.8 Å². The van der Waals surface area contributed by atoms with Crippen molar-refractivity contribution >= 4 is 21.6 Å². The number of rotatable bonds is 9. The molecule has 0 bridgehead atoms. The lowest BCUT2D eigenvalue weighted by molar-refractivity contribution is 0.00200. The zero-order valence-corrected chi connectivity index (χ0v) is 17.7. The molecular weight excluding hydrogens is 358 g/mol. The van der Waals surface area contributed by atoms with Crippen LogP contribution in [-0.2, 0) is 24.2 Å². The van der Waals surface area contributed by atoms with E-state index in [1.165, 1.54) is 43.2 Å². The number of unbranched alkanes of at least 4 members (excludes halogenated alkanes) is 6. The van der Waals surface area contributed by atoms with E-state index in [9.17, 15) is 4.79 Å². The van der Waals surface area contributed by atoms with Crippen LogP contribution in [0.4, 0.5) is 0 Å². The molecule has 0 amide bonds. The molecule has 6 heteroatoms. The molecule has 1 aliphatic heterocycles. The van der Waals surface area contributed by atoms with Gasteiger partial charge in [-0.15, -0.1) is 11.3 Å². The molecule has 2 aromatic heterocycles. The number of ether oxygens (including phenoxy) is 1. The van der Waals surface area contributed by atoms with Gasteiger partial charge in [0.2, 0.25) is 0 Å². The number of nitrogens with two attached hydrogens (primary N) is 1. The summed E-state index contributed by atoms with van der Waals surface area (Å²) in [6.07, 6.45) is 10.4. The Kier molecular flexibility index (Phi) is 6.93. The molecule has 27 heavy (non-hydrogen) atoms. The molecule has 0 saturated carbocycles. The minimum atomic E-state index is -0.0974. The zero-order chi connectivity index (χ0) is 19.4. The van der Waals surface area contributed by atoms with E-state index in [-0.39, 0.29) is 11.7 Å². The van der Waals surface area contributed by atoms with Gasteiger partial charge in [0.15, 0.2) is 0 Å². The standard InChI is InChI=1S/C21H33N3O2S/c1-4-5-6-7-8-9-10-11-18-23-20-19(21(25)24(18)22)15-12-16(14(2)3)26-13-17(15)27-20/h14,16H,4-13,22H2,1-3H3. The molecule has 3 rings (SSSR count). The SMILES string of the molecule is CCCCCCCCCc1nc2sc3c(c2c(=O)n1N)CC(C(C)C)OC3. The maximum atomic E-state index is 12.9. The van der Waals surface area contributed by atoms with Crippen LogP contribution in [0.5, 0.6) is 0 Å². The minimum Gasteiger partial charge on any atom is -0.372 e. The van der Waals surface area contributed by atoms with E-state index >= 15 is 0 Å². The predicted octanol–water partition coefficient (Wildman–Crippen LogP) is 4.56. The van der Waals surface area contributed by atoms with E-state index in [1.807, 2.05) is 0 Å². The number of hydrogen-bond donors (Lipinski definition) is 1. The Labute approximate surface area is 165 Å². The highest BCUT2D eigenvalue weighted by atomic mass is 32.1. The fourth-order valence-electron chi connectivity index (χ4n) is 3.83. The normalized spacial score (nSPS) is 17.0. The van der Waals surface area contributed by atoms with Gasteiger partial charge < -0.3 is 10.6 Å². The van der Waals surface area contributed by atoms with Crippen LogP contribution < -0.4 is 11.4 Å². The highest BCUT2D eigenvalue weighted by Gasteiger charge is 2.28. The number of thiophene rings is 1. The molecule has 5 nitrogen and oxygen atoms in total. The van der Waals surface area contributed by atoms with Crippen molar-refractivity contribution in [3.05, 3.63) is 26.6 Å². The second kappa shape index (κ2) is 9.20. The molecule has 0 aromatic carbocycles. The Morgan fingerprint density at radius 3 is 2.63 bits per heavy atom. The van der Waals surface area contributed by atoms with Crippen molar-refractivity contribution < 1.29 is 4.74 Å². The van der Waals surface area contributed by atoms with Gasteiger partial charge in [0.05, 0.1) is 18.1 Å². The number of aryl methyl sites for hydroxylation is 1. The van der Waals surface area contributed by atoms with Crippen LogP contribution in [0, 0.1) is 5.92 Å². The van der Waals surface area contributed by atoms with Gasteiger partial charge in [0.25, 0.3) is 5.56 Å². The summed E-state index contributed by atoms with van der Waals surface area (Å²) in [5.41, 5.74) is 1.01. The largest absolute Gasteiger partial charge is 0.372 e. The lowest BCUT2D eigenvalue weighted by Gasteiger charge is -2.26. The van der Waals surface area contributed by atoms with E-state index in [4.69, 9.17) is 15.6 Å². The quantitative estimate of drug-likeness (QED) is 0.502. The predicted molar refractivity (Wildman–Crippen MR) is 113 cm³/mol. The van der Waals surface area contributed by atoms with E-state index in [0.717, 1.165) is 39.9 Å². The molecule has 0 spiro atoms. The molecule has 1 atom stereocenters. The molecule has 1 aliphatic rings. The Morgan fingerprint density at radius 1 is 1.22 bits per heavy atom. The molecular formula is C21H33N3O2S. The third-order valence-electron chi connectivity index (χ3n) is 5.59. The van der Waals surface area contributed by atoms with E-state index in [0.29, 0.717) is 18.3 Å². The van der Waals surface area contributed by atoms with E-state index in [2.05, 4.69) is 20.8 Å². The first-order valence-electron chi connectivity index (χ1n) is 10.5. The molecule has 3 heterocycles. The summed E-state index contributed by atoms with van der Waals surface area (Å²) in [7, 11) is 0. The second-order valence-corrected chi connectivity index (χ2v) is 9.14. The first kappa shape index (κ1) is 20.3. The summed E-state index contributed by atoms with van der Waals surface area (Å²) in [5.74, 6) is 7.27. The summed E-state index contributed by atoms with van der Waals surface area (Å²) >= 11 is 1.60. The number of hydrogen-bond acceptors (Lipinski definition) is 5. The zero-order valence-electron chi connectivity index (χ0n) is 16.9. The van der Waals surface area contributed by atoms with Gasteiger partial charge in [-0.3, -0.25) is 4.79 Å². The van der Waals surface area contributed by atoms with Crippen LogP contribution in [0.1, 0.15) is 82.0 Å². The number of aromatic nitrogens is 2. The first-order chi connectivity index (χ1) is 13.0. The van der Waals surface area contributed by atoms with Gasteiger partial charge in [-0.1, -0.05) is 59.3 Å². The topological polar surface area (TPSA) is 70.1 Å². The summed E-state index contributed by atoms with van der Waals surface area (Å²) in [6.45, 7) is 7.13. The van der Waals surface area contributed by atoms with Crippen LogP contribution in [0.25, 0.3) is 10.2 Å². The molecule has 0 fully saturated rings. The second-order valence-electron chi connectivity index (χ2n) is 8.06. The highest BCUT2D eigenvalue weighted by Crippen LogP contribution is 2.35. The van der Waals surface area contributed by atoms with Gasteiger partial charge >= 0.3 is 0 Å². The molecule has 150 valence electrons. The number of nitrogens with zero attached hydrogens (tertiary/aromatic N) is 2. The Hall–Kier alpha value is -1.40. The van der Waals surface area contributed by atoms with Crippen LogP contribution in [0.2, 0.25) is 0 Å². The summed E-state index contributed by atoms with van der Waals surface area (Å²) < 4.78 is 7.24. The van der Waals surface area contributed by atoms with Crippen molar-refractivity contribution in [2.24, 2.45) is 5.92 Å². The van der Waals surface area contributed by atoms with Crippen molar-refractivity contribution in [1.29, 1.82) is 0 Å². The molecule has 0 saturated heterocycles. The highest BCUT2D eigenvalue weighted by molar-refractivity contribution is 7.18. The number of fused-ring (bicyclic) bond motifs is 3. The molecule has 2 aromatic rings. The van der Waals surface area contributed by atoms with Gasteiger partial charge in [-0.25, -0.2) is 9.66 Å². The molecule has 0 radical (unpaired) electrons. The van der Waals surface area contributed by atoms with Gasteiger partial charge in [-0.2, -0.15) is 0 Å². The lowest BCUT2D eigenvalue weighted by Crippen LogP contribution is -2.33. The molecule has 1 unspecified atom stereocenters. The maximum absolute atomic E-state index is 12.9. The fraction of sp³-hybridized carbons (Fsp3) is 0.714. The van der Waals surface area contributed by atoms with Gasteiger partial charge in [-0.05, 0) is 17.9 Å². The number of nitrogen functional groups attached to an aromatic ring is 1. The smallest absolute Gasteiger partial charge is 0.280 e. The van der Waals surface area contributed by atoms with Crippen LogP contribution >= 0.6 is 11.3 Å². The Morgan fingerprint density at radius 2 is 1.93 bits per heavy atom. The van der Waals surface area contributed by atoms with Crippen LogP contribution in [0.3, 0.4) is 0 Å². The fourth-order valence-corrected chi connectivity index (χ4v) is 4.96. The van der Waals surface area contributed by atoms with Crippen molar-refractivity contribution in [2.75, 3.05) is 5.84 Å². The maximum Gasteiger partial charge on any atom is 0.280 e. The van der Waals surface area contributed by atoms with Crippen molar-refractivity contribution in [1.82, 2.24) is 9.66 Å².